The Morgan fingerprint density at radius 3 is 2.37 bits per heavy atom. The zero-order valence-electron chi connectivity index (χ0n) is 20.8. The predicted octanol–water partition coefficient (Wildman–Crippen LogP) is 3.58. The average molecular weight is 477 g/mol. The fourth-order valence-corrected chi connectivity index (χ4v) is 5.62. The molecule has 2 heterocycles. The van der Waals surface area contributed by atoms with E-state index >= 15 is 0 Å². The molecule has 1 aromatic heterocycles. The molecule has 0 bridgehead atoms. The van der Waals surface area contributed by atoms with Crippen LogP contribution in [0.3, 0.4) is 0 Å². The standard InChI is InChI=1S/C27H36N6O2/c1-34-24-13-12-22(20-25(24)35-2)26(32-18-16-31(17-19-32)23-10-6-7-11-23)27-28-29-30-33(27)15-14-21-8-4-3-5-9-21/h3-5,8-9,12-13,20,23,26H,6-7,10-11,14-19H2,1-2H3/t26-/m1/s1. The minimum absolute atomic E-state index is 0.0497. The Bertz CT molecular complexity index is 1070. The summed E-state index contributed by atoms with van der Waals surface area (Å²) in [6.07, 6.45) is 6.31. The molecular formula is C27H36N6O2. The second-order valence-electron chi connectivity index (χ2n) is 9.52. The molecule has 1 atom stereocenters. The molecule has 3 aromatic rings. The molecule has 1 saturated carbocycles. The molecule has 0 amide bonds. The third-order valence-corrected chi connectivity index (χ3v) is 7.54. The SMILES string of the molecule is COc1ccc([C@H](c2nnnn2CCc2ccccc2)N2CCN(C3CCCC3)CC2)cc1OC. The normalized spacial score (nSPS) is 18.6. The summed E-state index contributed by atoms with van der Waals surface area (Å²) in [5.41, 5.74) is 2.40. The Balaban J connectivity index is 1.42. The molecule has 2 aromatic carbocycles. The van der Waals surface area contributed by atoms with Gasteiger partial charge in [0.25, 0.3) is 0 Å². The summed E-state index contributed by atoms with van der Waals surface area (Å²) in [6, 6.07) is 17.4. The third-order valence-electron chi connectivity index (χ3n) is 7.54. The molecular weight excluding hydrogens is 440 g/mol. The molecule has 1 aliphatic carbocycles. The largest absolute Gasteiger partial charge is 0.493 e. The van der Waals surface area contributed by atoms with Crippen LogP contribution in [-0.4, -0.2) is 76.4 Å². The van der Waals surface area contributed by atoms with Crippen molar-refractivity contribution in [2.24, 2.45) is 0 Å². The van der Waals surface area contributed by atoms with Gasteiger partial charge in [0.1, 0.15) is 0 Å². The number of benzene rings is 2. The Morgan fingerprint density at radius 2 is 1.66 bits per heavy atom. The molecule has 2 aliphatic rings. The number of hydrogen-bond acceptors (Lipinski definition) is 7. The maximum absolute atomic E-state index is 5.64. The van der Waals surface area contributed by atoms with Crippen LogP contribution in [-0.2, 0) is 13.0 Å². The molecule has 0 spiro atoms. The summed E-state index contributed by atoms with van der Waals surface area (Å²) < 4.78 is 13.1. The molecule has 35 heavy (non-hydrogen) atoms. The van der Waals surface area contributed by atoms with Gasteiger partial charge in [-0.2, -0.15) is 0 Å². The summed E-state index contributed by atoms with van der Waals surface area (Å²) in [7, 11) is 3.35. The van der Waals surface area contributed by atoms with Gasteiger partial charge in [0.2, 0.25) is 0 Å². The van der Waals surface area contributed by atoms with E-state index in [4.69, 9.17) is 9.47 Å². The van der Waals surface area contributed by atoms with Gasteiger partial charge < -0.3 is 9.47 Å². The Morgan fingerprint density at radius 1 is 0.914 bits per heavy atom. The monoisotopic (exact) mass is 476 g/mol. The lowest BCUT2D eigenvalue weighted by molar-refractivity contribution is 0.0769. The lowest BCUT2D eigenvalue weighted by Gasteiger charge is -2.41. The van der Waals surface area contributed by atoms with Crippen molar-refractivity contribution in [3.8, 4) is 11.5 Å². The van der Waals surface area contributed by atoms with Crippen molar-refractivity contribution < 1.29 is 9.47 Å². The highest BCUT2D eigenvalue weighted by Crippen LogP contribution is 2.35. The van der Waals surface area contributed by atoms with Crippen LogP contribution >= 0.6 is 0 Å². The van der Waals surface area contributed by atoms with Crippen LogP contribution in [0.1, 0.15) is 48.7 Å². The van der Waals surface area contributed by atoms with E-state index in [-0.39, 0.29) is 6.04 Å². The highest BCUT2D eigenvalue weighted by Gasteiger charge is 2.33. The minimum atomic E-state index is -0.0497. The maximum atomic E-state index is 5.64. The lowest BCUT2D eigenvalue weighted by Crippen LogP contribution is -2.51. The van der Waals surface area contributed by atoms with Crippen LogP contribution in [0.4, 0.5) is 0 Å². The number of piperazine rings is 1. The number of tetrazole rings is 1. The van der Waals surface area contributed by atoms with E-state index in [2.05, 4.69) is 61.7 Å². The lowest BCUT2D eigenvalue weighted by atomic mass is 10.0. The molecule has 1 saturated heterocycles. The summed E-state index contributed by atoms with van der Waals surface area (Å²) in [4.78, 5) is 5.21. The van der Waals surface area contributed by atoms with E-state index in [9.17, 15) is 0 Å². The smallest absolute Gasteiger partial charge is 0.173 e. The van der Waals surface area contributed by atoms with Crippen LogP contribution in [0.2, 0.25) is 0 Å². The topological polar surface area (TPSA) is 68.5 Å². The Hall–Kier alpha value is -2.97. The summed E-state index contributed by atoms with van der Waals surface area (Å²) in [6.45, 7) is 4.88. The highest BCUT2D eigenvalue weighted by molar-refractivity contribution is 5.45. The second kappa shape index (κ2) is 11.2. The van der Waals surface area contributed by atoms with Gasteiger partial charge in [-0.1, -0.05) is 49.2 Å². The highest BCUT2D eigenvalue weighted by atomic mass is 16.5. The molecule has 0 radical (unpaired) electrons. The Kier molecular flexibility index (Phi) is 7.59. The summed E-state index contributed by atoms with van der Waals surface area (Å²) >= 11 is 0. The number of ether oxygens (including phenoxy) is 2. The van der Waals surface area contributed by atoms with Crippen molar-refractivity contribution in [1.29, 1.82) is 0 Å². The second-order valence-corrected chi connectivity index (χ2v) is 9.52. The van der Waals surface area contributed by atoms with Crippen LogP contribution in [0.15, 0.2) is 48.5 Å². The molecule has 0 unspecified atom stereocenters. The maximum Gasteiger partial charge on any atom is 0.173 e. The first-order valence-corrected chi connectivity index (χ1v) is 12.8. The van der Waals surface area contributed by atoms with Crippen molar-refractivity contribution >= 4 is 0 Å². The fraction of sp³-hybridized carbons (Fsp3) is 0.519. The molecule has 186 valence electrons. The summed E-state index contributed by atoms with van der Waals surface area (Å²) in [5, 5.41) is 13.0. The zero-order valence-corrected chi connectivity index (χ0v) is 20.8. The number of rotatable bonds is 9. The van der Waals surface area contributed by atoms with Crippen LogP contribution in [0.5, 0.6) is 11.5 Å². The van der Waals surface area contributed by atoms with Crippen molar-refractivity contribution in [3.63, 3.8) is 0 Å². The van der Waals surface area contributed by atoms with Crippen molar-refractivity contribution in [2.75, 3.05) is 40.4 Å². The van der Waals surface area contributed by atoms with E-state index in [0.717, 1.165) is 68.1 Å². The molecule has 8 nitrogen and oxygen atoms in total. The third kappa shape index (κ3) is 5.33. The van der Waals surface area contributed by atoms with E-state index < -0.39 is 0 Å². The van der Waals surface area contributed by atoms with Crippen molar-refractivity contribution in [2.45, 2.75) is 50.7 Å². The van der Waals surface area contributed by atoms with Gasteiger partial charge in [0.05, 0.1) is 20.3 Å². The van der Waals surface area contributed by atoms with Gasteiger partial charge in [-0.05, 0) is 52.9 Å². The fourth-order valence-electron chi connectivity index (χ4n) is 5.62. The van der Waals surface area contributed by atoms with Crippen molar-refractivity contribution in [1.82, 2.24) is 30.0 Å². The van der Waals surface area contributed by atoms with Gasteiger partial charge >= 0.3 is 0 Å². The molecule has 2 fully saturated rings. The zero-order chi connectivity index (χ0) is 24.0. The van der Waals surface area contributed by atoms with Gasteiger partial charge in [0.15, 0.2) is 17.3 Å². The number of nitrogens with zero attached hydrogens (tertiary/aromatic N) is 6. The first-order chi connectivity index (χ1) is 17.3. The molecule has 5 rings (SSSR count). The molecule has 1 aliphatic heterocycles. The first-order valence-electron chi connectivity index (χ1n) is 12.8. The van der Waals surface area contributed by atoms with Crippen LogP contribution in [0, 0.1) is 0 Å². The number of aromatic nitrogens is 4. The average Bonchev–Trinajstić information content (AvgIpc) is 3.61. The molecule has 8 heteroatoms. The van der Waals surface area contributed by atoms with Gasteiger partial charge in [-0.15, -0.1) is 5.10 Å². The number of methoxy groups -OCH3 is 2. The first kappa shape index (κ1) is 23.8. The minimum Gasteiger partial charge on any atom is -0.493 e. The number of hydrogen-bond donors (Lipinski definition) is 0. The number of aryl methyl sites for hydroxylation is 2. The predicted molar refractivity (Wildman–Crippen MR) is 135 cm³/mol. The van der Waals surface area contributed by atoms with E-state index in [0.29, 0.717) is 0 Å². The van der Waals surface area contributed by atoms with Crippen LogP contribution in [0.25, 0.3) is 0 Å². The summed E-state index contributed by atoms with van der Waals surface area (Å²) in [5.74, 6) is 2.33. The van der Waals surface area contributed by atoms with Crippen LogP contribution < -0.4 is 9.47 Å². The quantitative estimate of drug-likeness (QED) is 0.468. The Labute approximate surface area is 207 Å². The van der Waals surface area contributed by atoms with Gasteiger partial charge in [-0.25, -0.2) is 4.68 Å². The molecule has 0 N–H and O–H groups in total. The van der Waals surface area contributed by atoms with Gasteiger partial charge in [-0.3, -0.25) is 9.80 Å². The van der Waals surface area contributed by atoms with E-state index in [1.165, 1.54) is 31.2 Å². The van der Waals surface area contributed by atoms with Gasteiger partial charge in [0, 0.05) is 38.8 Å². The van der Waals surface area contributed by atoms with Crippen molar-refractivity contribution in [3.05, 3.63) is 65.5 Å². The van der Waals surface area contributed by atoms with E-state index in [1.807, 2.05) is 16.8 Å². The van der Waals surface area contributed by atoms with E-state index in [1.54, 1.807) is 14.2 Å².